The summed E-state index contributed by atoms with van der Waals surface area (Å²) in [7, 11) is 4.30. The fraction of sp³-hybridized carbons (Fsp3) is 0.714. The summed E-state index contributed by atoms with van der Waals surface area (Å²) in [6, 6.07) is 0. The molecular formula is C14H23IN4O. The van der Waals surface area contributed by atoms with E-state index in [1.54, 1.807) is 0 Å². The molecule has 0 amide bonds. The van der Waals surface area contributed by atoms with Crippen LogP contribution >= 0.6 is 22.6 Å². The van der Waals surface area contributed by atoms with Crippen LogP contribution in [0.1, 0.15) is 32.6 Å². The highest BCUT2D eigenvalue weighted by molar-refractivity contribution is 14.1. The second kappa shape index (κ2) is 6.43. The van der Waals surface area contributed by atoms with E-state index in [4.69, 9.17) is 0 Å². The second-order valence-corrected chi connectivity index (χ2v) is 7.15. The van der Waals surface area contributed by atoms with Gasteiger partial charge >= 0.3 is 0 Å². The van der Waals surface area contributed by atoms with Crippen molar-refractivity contribution in [3.63, 3.8) is 0 Å². The van der Waals surface area contributed by atoms with Gasteiger partial charge in [0.25, 0.3) is 5.56 Å². The normalized spacial score (nSPS) is 26.8. The molecule has 2 atom stereocenters. The zero-order valence-corrected chi connectivity index (χ0v) is 14.5. The lowest BCUT2D eigenvalue weighted by atomic mass is 9.75. The van der Waals surface area contributed by atoms with Gasteiger partial charge in [0.05, 0.1) is 6.33 Å². The van der Waals surface area contributed by atoms with Gasteiger partial charge in [-0.25, -0.2) is 4.98 Å². The molecule has 0 radical (unpaired) electrons. The summed E-state index contributed by atoms with van der Waals surface area (Å²) in [4.78, 5) is 20.8. The van der Waals surface area contributed by atoms with Crippen molar-refractivity contribution in [2.24, 2.45) is 5.92 Å². The van der Waals surface area contributed by atoms with E-state index in [0.29, 0.717) is 9.39 Å². The van der Waals surface area contributed by atoms with Crippen LogP contribution in [-0.2, 0) is 0 Å². The van der Waals surface area contributed by atoms with E-state index in [0.717, 1.165) is 12.5 Å². The summed E-state index contributed by atoms with van der Waals surface area (Å²) in [5, 5.41) is 3.39. The maximum absolute atomic E-state index is 11.6. The van der Waals surface area contributed by atoms with Crippen molar-refractivity contribution >= 4 is 28.4 Å². The first-order chi connectivity index (χ1) is 9.44. The van der Waals surface area contributed by atoms with Crippen LogP contribution < -0.4 is 10.9 Å². The van der Waals surface area contributed by atoms with E-state index in [1.165, 1.54) is 32.0 Å². The number of H-pyrrole nitrogens is 1. The molecule has 1 heterocycles. The van der Waals surface area contributed by atoms with Crippen LogP contribution in [0.5, 0.6) is 0 Å². The number of anilines is 1. The average molecular weight is 390 g/mol. The van der Waals surface area contributed by atoms with E-state index in [1.807, 2.05) is 22.6 Å². The smallest absolute Gasteiger partial charge is 0.266 e. The minimum Gasteiger partial charge on any atom is -0.367 e. The highest BCUT2D eigenvalue weighted by Crippen LogP contribution is 2.35. The van der Waals surface area contributed by atoms with E-state index in [-0.39, 0.29) is 11.1 Å². The number of aromatic nitrogens is 2. The third-order valence-electron chi connectivity index (χ3n) is 4.40. The van der Waals surface area contributed by atoms with E-state index < -0.39 is 0 Å². The summed E-state index contributed by atoms with van der Waals surface area (Å²) < 4.78 is 0.628. The molecule has 0 aliphatic heterocycles. The molecule has 2 unspecified atom stereocenters. The van der Waals surface area contributed by atoms with Crippen LogP contribution in [0.4, 0.5) is 5.82 Å². The van der Waals surface area contributed by atoms with E-state index in [2.05, 4.69) is 41.2 Å². The number of likely N-dealkylation sites (N-methyl/N-ethyl adjacent to an activating group) is 1. The van der Waals surface area contributed by atoms with Gasteiger partial charge in [-0.2, -0.15) is 0 Å². The maximum Gasteiger partial charge on any atom is 0.266 e. The van der Waals surface area contributed by atoms with Crippen LogP contribution in [0.2, 0.25) is 0 Å². The molecule has 1 fully saturated rings. The first kappa shape index (κ1) is 15.8. The standard InChI is InChI=1S/C14H23IN4O/c1-10-5-4-6-14(7-10,19(2)3)8-16-12-11(15)13(20)18-9-17-12/h9-10H,4-8H2,1-3H3,(H2,16,17,18,20). The second-order valence-electron chi connectivity index (χ2n) is 6.07. The molecule has 20 heavy (non-hydrogen) atoms. The SMILES string of the molecule is CC1CCCC(CNc2nc[nH]c(=O)c2I)(N(C)C)C1. The van der Waals surface area contributed by atoms with Gasteiger partial charge in [0.1, 0.15) is 9.39 Å². The first-order valence-electron chi connectivity index (χ1n) is 7.09. The molecule has 1 aromatic rings. The van der Waals surface area contributed by atoms with Crippen molar-refractivity contribution < 1.29 is 0 Å². The Hall–Kier alpha value is -0.630. The molecule has 0 spiro atoms. The molecule has 2 N–H and O–H groups in total. The summed E-state index contributed by atoms with van der Waals surface area (Å²) in [5.74, 6) is 1.44. The van der Waals surface area contributed by atoms with Crippen LogP contribution in [0.3, 0.4) is 0 Å². The fourth-order valence-corrected chi connectivity index (χ4v) is 3.60. The highest BCUT2D eigenvalue weighted by Gasteiger charge is 2.36. The number of halogens is 1. The zero-order chi connectivity index (χ0) is 14.8. The minimum absolute atomic E-state index is 0.0842. The summed E-state index contributed by atoms with van der Waals surface area (Å²) >= 11 is 2.04. The van der Waals surface area contributed by atoms with Crippen molar-refractivity contribution in [2.45, 2.75) is 38.1 Å². The number of hydrogen-bond acceptors (Lipinski definition) is 4. The molecule has 0 bridgehead atoms. The zero-order valence-electron chi connectivity index (χ0n) is 12.4. The lowest BCUT2D eigenvalue weighted by Crippen LogP contribution is -2.52. The summed E-state index contributed by atoms with van der Waals surface area (Å²) in [6.45, 7) is 3.16. The van der Waals surface area contributed by atoms with Gasteiger partial charge in [-0.05, 0) is 55.4 Å². The van der Waals surface area contributed by atoms with E-state index >= 15 is 0 Å². The monoisotopic (exact) mass is 390 g/mol. The average Bonchev–Trinajstić information content (AvgIpc) is 2.40. The molecule has 1 aliphatic rings. The summed E-state index contributed by atoms with van der Waals surface area (Å²) in [5.41, 5.74) is 0.0735. The third kappa shape index (κ3) is 3.33. The Bertz CT molecular complexity index is 516. The topological polar surface area (TPSA) is 61.0 Å². The molecular weight excluding hydrogens is 367 g/mol. The van der Waals surface area contributed by atoms with Crippen molar-refractivity contribution in [3.05, 3.63) is 20.3 Å². The molecule has 6 heteroatoms. The van der Waals surface area contributed by atoms with Gasteiger partial charge in [-0.1, -0.05) is 19.8 Å². The Morgan fingerprint density at radius 3 is 3.00 bits per heavy atom. The van der Waals surface area contributed by atoms with Crippen molar-refractivity contribution in [1.29, 1.82) is 0 Å². The first-order valence-corrected chi connectivity index (χ1v) is 8.17. The fourth-order valence-electron chi connectivity index (χ4n) is 3.11. The minimum atomic E-state index is -0.0842. The molecule has 2 rings (SSSR count). The van der Waals surface area contributed by atoms with Crippen molar-refractivity contribution in [2.75, 3.05) is 26.0 Å². The van der Waals surface area contributed by atoms with Crippen LogP contribution in [0.25, 0.3) is 0 Å². The Morgan fingerprint density at radius 2 is 2.35 bits per heavy atom. The Labute approximate surface area is 133 Å². The molecule has 1 saturated carbocycles. The van der Waals surface area contributed by atoms with Crippen LogP contribution in [-0.4, -0.2) is 41.0 Å². The van der Waals surface area contributed by atoms with Gasteiger partial charge in [0, 0.05) is 12.1 Å². The Balaban J connectivity index is 2.13. The molecule has 1 aliphatic carbocycles. The number of hydrogen-bond donors (Lipinski definition) is 2. The largest absolute Gasteiger partial charge is 0.367 e. The maximum atomic E-state index is 11.6. The summed E-state index contributed by atoms with van der Waals surface area (Å²) in [6.07, 6.45) is 6.42. The van der Waals surface area contributed by atoms with Crippen molar-refractivity contribution in [1.82, 2.24) is 14.9 Å². The van der Waals surface area contributed by atoms with Gasteiger partial charge in [0.2, 0.25) is 0 Å². The number of nitrogens with one attached hydrogen (secondary N) is 2. The molecule has 0 aromatic carbocycles. The van der Waals surface area contributed by atoms with Gasteiger partial charge in [-0.15, -0.1) is 0 Å². The van der Waals surface area contributed by atoms with Crippen LogP contribution in [0.15, 0.2) is 11.1 Å². The molecule has 0 saturated heterocycles. The van der Waals surface area contributed by atoms with E-state index in [9.17, 15) is 4.79 Å². The van der Waals surface area contributed by atoms with Gasteiger partial charge in [0.15, 0.2) is 0 Å². The van der Waals surface area contributed by atoms with Gasteiger partial charge < -0.3 is 15.2 Å². The number of nitrogens with zero attached hydrogens (tertiary/aromatic N) is 2. The molecule has 112 valence electrons. The number of rotatable bonds is 4. The van der Waals surface area contributed by atoms with Crippen molar-refractivity contribution in [3.8, 4) is 0 Å². The Morgan fingerprint density at radius 1 is 1.60 bits per heavy atom. The van der Waals surface area contributed by atoms with Crippen LogP contribution in [0, 0.1) is 9.49 Å². The lowest BCUT2D eigenvalue weighted by molar-refractivity contribution is 0.0881. The Kier molecular flexibility index (Phi) is 5.06. The number of aromatic amines is 1. The molecule has 5 nitrogen and oxygen atoms in total. The predicted molar refractivity (Wildman–Crippen MR) is 90.1 cm³/mol. The highest BCUT2D eigenvalue weighted by atomic mass is 127. The third-order valence-corrected chi connectivity index (χ3v) is 5.40. The predicted octanol–water partition coefficient (Wildman–Crippen LogP) is 2.30. The van der Waals surface area contributed by atoms with Gasteiger partial charge in [-0.3, -0.25) is 4.79 Å². The lowest BCUT2D eigenvalue weighted by Gasteiger charge is -2.45. The quantitative estimate of drug-likeness (QED) is 0.775. The molecule has 1 aromatic heterocycles.